The second-order valence-electron chi connectivity index (χ2n) is 11.9. The maximum Gasteiger partial charge on any atom is 0.229 e. The molecule has 46 heavy (non-hydrogen) atoms. The number of phenolic OH excluding ortho intramolecular Hbond substituents is 1. The van der Waals surface area contributed by atoms with Gasteiger partial charge >= 0.3 is 0 Å². The Morgan fingerprint density at radius 1 is 0.717 bits per heavy atom. The van der Waals surface area contributed by atoms with Crippen molar-refractivity contribution >= 4 is 0 Å². The van der Waals surface area contributed by atoms with E-state index in [0.29, 0.717) is 55.2 Å². The van der Waals surface area contributed by atoms with Gasteiger partial charge < -0.3 is 69.3 Å². The largest absolute Gasteiger partial charge is 0.507 e. The summed E-state index contributed by atoms with van der Waals surface area (Å²) < 4.78 is 34.5. The predicted octanol–water partition coefficient (Wildman–Crippen LogP) is -0.262. The first-order valence-electron chi connectivity index (χ1n) is 15.5. The fraction of sp³-hybridized carbons (Fsp3) is 0.625. The highest BCUT2D eigenvalue weighted by molar-refractivity contribution is 5.81. The van der Waals surface area contributed by atoms with Gasteiger partial charge in [0.1, 0.15) is 48.5 Å². The summed E-state index contributed by atoms with van der Waals surface area (Å²) in [6.07, 6.45) is -10.1. The van der Waals surface area contributed by atoms with Crippen LogP contribution in [-0.2, 0) is 27.1 Å². The SMILES string of the molecule is COc1c2cc(c(OC3OC(COC4OC(CO)C(O)C4O)C(O)C(O)C3O)c1OC)CCCCC(O)CCc1ccc(O)c-2c1. The third-order valence-corrected chi connectivity index (χ3v) is 8.85. The van der Waals surface area contributed by atoms with Crippen molar-refractivity contribution in [3.8, 4) is 34.1 Å². The molecule has 1 aliphatic carbocycles. The molecule has 0 spiro atoms. The molecule has 256 valence electrons. The van der Waals surface area contributed by atoms with Crippen molar-refractivity contribution in [2.24, 2.45) is 0 Å². The second-order valence-corrected chi connectivity index (χ2v) is 11.9. The van der Waals surface area contributed by atoms with Crippen LogP contribution in [0.1, 0.15) is 36.8 Å². The Labute approximate surface area is 266 Å². The highest BCUT2D eigenvalue weighted by Crippen LogP contribution is 2.50. The highest BCUT2D eigenvalue weighted by Gasteiger charge is 2.48. The second kappa shape index (κ2) is 15.0. The van der Waals surface area contributed by atoms with Crippen LogP contribution in [-0.4, -0.2) is 130 Å². The fourth-order valence-corrected chi connectivity index (χ4v) is 6.17. The molecule has 2 saturated heterocycles. The van der Waals surface area contributed by atoms with E-state index in [1.54, 1.807) is 12.1 Å². The maximum atomic E-state index is 10.9. The van der Waals surface area contributed by atoms with Crippen molar-refractivity contribution in [1.29, 1.82) is 0 Å². The number of phenols is 1. The average molecular weight is 653 g/mol. The number of fused-ring (bicyclic) bond motifs is 5. The third kappa shape index (κ3) is 7.06. The van der Waals surface area contributed by atoms with Gasteiger partial charge in [-0.25, -0.2) is 0 Å². The number of hydrogen-bond acceptors (Lipinski definition) is 14. The summed E-state index contributed by atoms with van der Waals surface area (Å²) in [6.45, 7) is -0.999. The third-order valence-electron chi connectivity index (χ3n) is 8.85. The molecule has 2 aromatic carbocycles. The number of rotatable bonds is 8. The van der Waals surface area contributed by atoms with Crippen molar-refractivity contribution in [2.75, 3.05) is 27.4 Å². The van der Waals surface area contributed by atoms with E-state index in [1.807, 2.05) is 12.1 Å². The van der Waals surface area contributed by atoms with E-state index < -0.39 is 74.6 Å². The first-order valence-corrected chi connectivity index (χ1v) is 15.5. The van der Waals surface area contributed by atoms with Crippen LogP contribution in [0.3, 0.4) is 0 Å². The number of aryl methyl sites for hydroxylation is 2. The van der Waals surface area contributed by atoms with Crippen molar-refractivity contribution in [1.82, 2.24) is 0 Å². The lowest BCUT2D eigenvalue weighted by atomic mass is 9.95. The molecule has 2 aliphatic heterocycles. The Balaban J connectivity index is 1.47. The lowest BCUT2D eigenvalue weighted by molar-refractivity contribution is -0.290. The van der Waals surface area contributed by atoms with E-state index in [0.717, 1.165) is 5.56 Å². The normalized spacial score (nSPS) is 33.4. The van der Waals surface area contributed by atoms with E-state index in [9.17, 15) is 40.9 Å². The van der Waals surface area contributed by atoms with Gasteiger partial charge in [0.25, 0.3) is 0 Å². The zero-order valence-electron chi connectivity index (χ0n) is 25.8. The molecule has 14 heteroatoms. The first-order chi connectivity index (χ1) is 22.1. The molecule has 0 saturated carbocycles. The van der Waals surface area contributed by atoms with Crippen LogP contribution >= 0.6 is 0 Å². The number of aromatic hydroxyl groups is 1. The van der Waals surface area contributed by atoms with Crippen LogP contribution in [0.5, 0.6) is 23.0 Å². The molecule has 0 radical (unpaired) electrons. The summed E-state index contributed by atoms with van der Waals surface area (Å²) in [6, 6.07) is 7.03. The molecule has 0 aromatic heterocycles. The molecule has 2 fully saturated rings. The van der Waals surface area contributed by atoms with Crippen molar-refractivity contribution in [3.63, 3.8) is 0 Å². The lowest BCUT2D eigenvalue weighted by Gasteiger charge is -2.40. The van der Waals surface area contributed by atoms with Gasteiger partial charge in [0, 0.05) is 11.1 Å². The molecule has 14 nitrogen and oxygen atoms in total. The standard InChI is InChI=1S/C32H44O14/c1-41-29-19-12-16(5-3-4-6-17(34)9-7-15-8-10-20(35)18(19)11-15)28(30(29)42-2)46-32-27(40)25(38)24(37)22(45-32)14-43-31-26(39)23(36)21(13-33)44-31/h8,10-12,17,21-27,31-40H,3-7,9,13-14H2,1-2H3. The van der Waals surface area contributed by atoms with E-state index in [-0.39, 0.29) is 23.0 Å². The zero-order chi connectivity index (χ0) is 33.1. The average Bonchev–Trinajstić information content (AvgIpc) is 3.33. The summed E-state index contributed by atoms with van der Waals surface area (Å²) in [5, 5.41) is 83.3. The minimum Gasteiger partial charge on any atom is -0.507 e. The molecule has 8 N–H and O–H groups in total. The monoisotopic (exact) mass is 652 g/mol. The van der Waals surface area contributed by atoms with Gasteiger partial charge in [-0.2, -0.15) is 0 Å². The van der Waals surface area contributed by atoms with Crippen LogP contribution in [0.25, 0.3) is 11.1 Å². The smallest absolute Gasteiger partial charge is 0.229 e. The fourth-order valence-electron chi connectivity index (χ4n) is 6.17. The molecule has 4 bridgehead atoms. The number of ether oxygens (including phenoxy) is 6. The Hall–Kier alpha value is -2.76. The maximum absolute atomic E-state index is 10.9. The Kier molecular flexibility index (Phi) is 11.3. The van der Waals surface area contributed by atoms with Gasteiger partial charge in [-0.1, -0.05) is 12.5 Å². The van der Waals surface area contributed by atoms with Crippen LogP contribution in [0, 0.1) is 0 Å². The van der Waals surface area contributed by atoms with Gasteiger partial charge in [0.05, 0.1) is 33.5 Å². The molecular formula is C32H44O14. The minimum absolute atomic E-state index is 0.0133. The number of hydrogen-bond donors (Lipinski definition) is 8. The predicted molar refractivity (Wildman–Crippen MR) is 160 cm³/mol. The van der Waals surface area contributed by atoms with Crippen molar-refractivity contribution < 1.29 is 69.3 Å². The van der Waals surface area contributed by atoms with Gasteiger partial charge in [0.15, 0.2) is 17.8 Å². The molecule has 2 heterocycles. The molecule has 3 aliphatic rings. The summed E-state index contributed by atoms with van der Waals surface area (Å²) in [7, 11) is 2.85. The van der Waals surface area contributed by atoms with Crippen LogP contribution < -0.4 is 14.2 Å². The van der Waals surface area contributed by atoms with E-state index in [4.69, 9.17) is 28.4 Å². The molecule has 2 aromatic rings. The van der Waals surface area contributed by atoms with Crippen LogP contribution in [0.2, 0.25) is 0 Å². The van der Waals surface area contributed by atoms with E-state index in [1.165, 1.54) is 14.2 Å². The van der Waals surface area contributed by atoms with Gasteiger partial charge in [0.2, 0.25) is 12.0 Å². The van der Waals surface area contributed by atoms with E-state index >= 15 is 0 Å². The number of benzene rings is 2. The molecule has 10 atom stereocenters. The Bertz CT molecular complexity index is 1320. The summed E-state index contributed by atoms with van der Waals surface area (Å²) in [4.78, 5) is 0. The van der Waals surface area contributed by atoms with Crippen molar-refractivity contribution in [3.05, 3.63) is 35.4 Å². The van der Waals surface area contributed by atoms with E-state index in [2.05, 4.69) is 0 Å². The number of methoxy groups -OCH3 is 2. The van der Waals surface area contributed by atoms with Gasteiger partial charge in [-0.3, -0.25) is 0 Å². The first kappa shape index (κ1) is 34.6. The summed E-state index contributed by atoms with van der Waals surface area (Å²) >= 11 is 0. The molecule has 0 amide bonds. The quantitative estimate of drug-likeness (QED) is 0.184. The number of aliphatic hydroxyl groups excluding tert-OH is 7. The zero-order valence-corrected chi connectivity index (χ0v) is 25.8. The molecule has 5 rings (SSSR count). The lowest BCUT2D eigenvalue weighted by Crippen LogP contribution is -2.60. The van der Waals surface area contributed by atoms with Gasteiger partial charge in [-0.05, 0) is 61.4 Å². The molecule has 10 unspecified atom stereocenters. The topological polar surface area (TPSA) is 217 Å². The van der Waals surface area contributed by atoms with Crippen LogP contribution in [0.15, 0.2) is 24.3 Å². The molecular weight excluding hydrogens is 608 g/mol. The van der Waals surface area contributed by atoms with Crippen molar-refractivity contribution in [2.45, 2.75) is 99.9 Å². The highest BCUT2D eigenvalue weighted by atomic mass is 16.7. The summed E-state index contributed by atoms with van der Waals surface area (Å²) in [5.41, 5.74) is 2.56. The van der Waals surface area contributed by atoms with Crippen LogP contribution in [0.4, 0.5) is 0 Å². The van der Waals surface area contributed by atoms with Gasteiger partial charge in [-0.15, -0.1) is 0 Å². The summed E-state index contributed by atoms with van der Waals surface area (Å²) in [5.74, 6) is 0.536. The minimum atomic E-state index is -1.73. The number of aliphatic hydroxyl groups is 7. The Morgan fingerprint density at radius 2 is 1.41 bits per heavy atom. The Morgan fingerprint density at radius 3 is 2.11 bits per heavy atom.